The van der Waals surface area contributed by atoms with Crippen LogP contribution in [0.25, 0.3) is 0 Å². The van der Waals surface area contributed by atoms with Crippen molar-refractivity contribution in [2.24, 2.45) is 0 Å². The Labute approximate surface area is 369 Å². The molecule has 0 rings (SSSR count). The molecular weight excluding hydrogens is 727 g/mol. The summed E-state index contributed by atoms with van der Waals surface area (Å²) in [4.78, 5) is 12.5. The van der Waals surface area contributed by atoms with E-state index in [9.17, 15) is 20.1 Å². The summed E-state index contributed by atoms with van der Waals surface area (Å²) in [6, 6.07) is -0.827. The lowest BCUT2D eigenvalue weighted by Crippen LogP contribution is -2.50. The number of unbranched alkanes of at least 4 members (excludes halogenated alkanes) is 37. The molecule has 5 heteroatoms. The van der Waals surface area contributed by atoms with Gasteiger partial charge in [0.2, 0.25) is 5.91 Å². The minimum atomic E-state index is -1.16. The van der Waals surface area contributed by atoms with Crippen molar-refractivity contribution in [1.29, 1.82) is 0 Å². The smallest absolute Gasteiger partial charge is 0.220 e. The molecule has 4 N–H and O–H groups in total. The molecule has 0 aromatic heterocycles. The molecule has 5 nitrogen and oxygen atoms in total. The standard InChI is InChI=1S/C54H105NO4/c1-3-5-7-9-11-13-15-17-19-21-23-25-26-27-29-31-33-35-37-39-41-43-45-47-49-53(58)55-51(50-56)54(59)52(57)48-46-44-42-40-38-36-34-32-30-28-24-22-20-18-16-14-12-10-8-6-4-2/h27,29,40,42,51-52,54,56-57,59H,3-26,28,30-39,41,43-50H2,1-2H3,(H,55,58)/b29-27-,42-40+. The Hall–Kier alpha value is -1.17. The number of hydrogen-bond donors (Lipinski definition) is 4. The maximum atomic E-state index is 12.5. The van der Waals surface area contributed by atoms with Crippen LogP contribution in [-0.4, -0.2) is 46.1 Å². The average molecular weight is 832 g/mol. The SMILES string of the molecule is CCCCCCCCCCCCCC/C=C\CCCCCCCCCCC(=O)NC(CO)C(O)C(O)CCC/C=C/CCCCCCCCCCCCCCCCCC. The van der Waals surface area contributed by atoms with Crippen LogP contribution < -0.4 is 5.32 Å². The van der Waals surface area contributed by atoms with Crippen molar-refractivity contribution < 1.29 is 20.1 Å². The van der Waals surface area contributed by atoms with Gasteiger partial charge in [0.15, 0.2) is 0 Å². The molecule has 3 unspecified atom stereocenters. The summed E-state index contributed by atoms with van der Waals surface area (Å²) in [5.74, 6) is -0.154. The van der Waals surface area contributed by atoms with Gasteiger partial charge in [-0.15, -0.1) is 0 Å². The molecular formula is C54H105NO4. The van der Waals surface area contributed by atoms with Gasteiger partial charge in [0.1, 0.15) is 6.10 Å². The minimum absolute atomic E-state index is 0.154. The molecule has 0 aliphatic heterocycles. The van der Waals surface area contributed by atoms with Crippen molar-refractivity contribution in [2.75, 3.05) is 6.61 Å². The van der Waals surface area contributed by atoms with Crippen LogP contribution in [-0.2, 0) is 4.79 Å². The van der Waals surface area contributed by atoms with E-state index in [2.05, 4.69) is 43.5 Å². The molecule has 0 saturated carbocycles. The van der Waals surface area contributed by atoms with E-state index in [0.29, 0.717) is 12.8 Å². The molecule has 0 spiro atoms. The number of rotatable bonds is 49. The number of aliphatic hydroxyl groups is 3. The zero-order chi connectivity index (χ0) is 43.0. The highest BCUT2D eigenvalue weighted by atomic mass is 16.3. The molecule has 0 heterocycles. The molecule has 350 valence electrons. The number of carbonyl (C=O) groups is 1. The van der Waals surface area contributed by atoms with E-state index in [1.54, 1.807) is 0 Å². The molecule has 0 aliphatic rings. The molecule has 59 heavy (non-hydrogen) atoms. The van der Waals surface area contributed by atoms with E-state index in [4.69, 9.17) is 0 Å². The lowest BCUT2D eigenvalue weighted by Gasteiger charge is -2.26. The maximum absolute atomic E-state index is 12.5. The summed E-state index contributed by atoms with van der Waals surface area (Å²) >= 11 is 0. The van der Waals surface area contributed by atoms with Crippen LogP contribution in [0.4, 0.5) is 0 Å². The lowest BCUT2D eigenvalue weighted by molar-refractivity contribution is -0.124. The maximum Gasteiger partial charge on any atom is 0.220 e. The summed E-state index contributed by atoms with van der Waals surface area (Å²) in [6.45, 7) is 4.20. The fourth-order valence-corrected chi connectivity index (χ4v) is 8.40. The molecule has 1 amide bonds. The Bertz CT molecular complexity index is 874. The van der Waals surface area contributed by atoms with Crippen molar-refractivity contribution in [3.05, 3.63) is 24.3 Å². The number of nitrogens with one attached hydrogen (secondary N) is 1. The third kappa shape index (κ3) is 44.7. The van der Waals surface area contributed by atoms with Crippen LogP contribution in [0, 0.1) is 0 Å². The average Bonchev–Trinajstić information content (AvgIpc) is 3.24. The highest BCUT2D eigenvalue weighted by molar-refractivity contribution is 5.76. The second kappa shape index (κ2) is 49.5. The first-order valence-electron chi connectivity index (χ1n) is 26.6. The first-order chi connectivity index (χ1) is 29.1. The third-order valence-corrected chi connectivity index (χ3v) is 12.5. The van der Waals surface area contributed by atoms with E-state index in [1.807, 2.05) is 0 Å². The van der Waals surface area contributed by atoms with Gasteiger partial charge in [-0.2, -0.15) is 0 Å². The van der Waals surface area contributed by atoms with E-state index in [1.165, 1.54) is 225 Å². The quantitative estimate of drug-likeness (QED) is 0.0363. The zero-order valence-corrected chi connectivity index (χ0v) is 39.9. The molecule has 0 bridgehead atoms. The Morgan fingerprint density at radius 1 is 0.407 bits per heavy atom. The Morgan fingerprint density at radius 3 is 0.983 bits per heavy atom. The zero-order valence-electron chi connectivity index (χ0n) is 39.9. The summed E-state index contributed by atoms with van der Waals surface area (Å²) in [5, 5.41) is 33.7. The van der Waals surface area contributed by atoms with Crippen LogP contribution in [0.15, 0.2) is 24.3 Å². The highest BCUT2D eigenvalue weighted by Gasteiger charge is 2.26. The Kier molecular flexibility index (Phi) is 48.5. The summed E-state index contributed by atoms with van der Waals surface area (Å²) < 4.78 is 0. The molecule has 0 saturated heterocycles. The van der Waals surface area contributed by atoms with Crippen molar-refractivity contribution in [3.8, 4) is 0 Å². The monoisotopic (exact) mass is 832 g/mol. The lowest BCUT2D eigenvalue weighted by atomic mass is 10.0. The largest absolute Gasteiger partial charge is 0.394 e. The molecule has 0 aromatic carbocycles. The van der Waals surface area contributed by atoms with Crippen LogP contribution in [0.5, 0.6) is 0 Å². The van der Waals surface area contributed by atoms with Crippen molar-refractivity contribution >= 4 is 5.91 Å². The van der Waals surface area contributed by atoms with Gasteiger partial charge in [-0.3, -0.25) is 4.79 Å². The normalized spacial score (nSPS) is 13.5. The second-order valence-corrected chi connectivity index (χ2v) is 18.4. The van der Waals surface area contributed by atoms with Crippen LogP contribution in [0.2, 0.25) is 0 Å². The third-order valence-electron chi connectivity index (χ3n) is 12.5. The number of carbonyl (C=O) groups excluding carboxylic acids is 1. The summed E-state index contributed by atoms with van der Waals surface area (Å²) in [5.41, 5.74) is 0. The van der Waals surface area contributed by atoms with Crippen LogP contribution in [0.1, 0.15) is 290 Å². The van der Waals surface area contributed by atoms with Gasteiger partial charge in [-0.25, -0.2) is 0 Å². The molecule has 0 aliphatic carbocycles. The van der Waals surface area contributed by atoms with Crippen molar-refractivity contribution in [2.45, 2.75) is 308 Å². The van der Waals surface area contributed by atoms with Gasteiger partial charge in [0, 0.05) is 6.42 Å². The van der Waals surface area contributed by atoms with E-state index < -0.39 is 18.2 Å². The van der Waals surface area contributed by atoms with Crippen molar-refractivity contribution in [3.63, 3.8) is 0 Å². The molecule has 0 aromatic rings. The predicted octanol–water partition coefficient (Wildman–Crippen LogP) is 16.1. The van der Waals surface area contributed by atoms with Gasteiger partial charge < -0.3 is 20.6 Å². The Balaban J connectivity index is 3.59. The van der Waals surface area contributed by atoms with Gasteiger partial charge in [0.25, 0.3) is 0 Å². The number of aliphatic hydroxyl groups excluding tert-OH is 3. The fourth-order valence-electron chi connectivity index (χ4n) is 8.40. The highest BCUT2D eigenvalue weighted by Crippen LogP contribution is 2.17. The first kappa shape index (κ1) is 57.8. The van der Waals surface area contributed by atoms with E-state index in [-0.39, 0.29) is 12.5 Å². The number of hydrogen-bond acceptors (Lipinski definition) is 4. The molecule has 0 fully saturated rings. The van der Waals surface area contributed by atoms with Gasteiger partial charge in [-0.1, -0.05) is 244 Å². The van der Waals surface area contributed by atoms with E-state index >= 15 is 0 Å². The number of amides is 1. The summed E-state index contributed by atoms with van der Waals surface area (Å²) in [6.07, 6.45) is 61.8. The van der Waals surface area contributed by atoms with Crippen LogP contribution in [0.3, 0.4) is 0 Å². The second-order valence-electron chi connectivity index (χ2n) is 18.4. The van der Waals surface area contributed by atoms with Gasteiger partial charge in [0.05, 0.1) is 18.8 Å². The Morgan fingerprint density at radius 2 is 0.678 bits per heavy atom. The topological polar surface area (TPSA) is 89.8 Å². The molecule has 0 radical (unpaired) electrons. The van der Waals surface area contributed by atoms with Gasteiger partial charge in [-0.05, 0) is 64.2 Å². The first-order valence-corrected chi connectivity index (χ1v) is 26.6. The van der Waals surface area contributed by atoms with Crippen LogP contribution >= 0.6 is 0 Å². The fraction of sp³-hybridized carbons (Fsp3) is 0.907. The number of allylic oxidation sites excluding steroid dienone is 4. The van der Waals surface area contributed by atoms with Crippen molar-refractivity contribution in [1.82, 2.24) is 5.32 Å². The predicted molar refractivity (Wildman–Crippen MR) is 259 cm³/mol. The van der Waals surface area contributed by atoms with Gasteiger partial charge >= 0.3 is 0 Å². The molecule has 3 atom stereocenters. The minimum Gasteiger partial charge on any atom is -0.394 e. The van der Waals surface area contributed by atoms with E-state index in [0.717, 1.165) is 38.5 Å². The summed E-state index contributed by atoms with van der Waals surface area (Å²) in [7, 11) is 0.